The van der Waals surface area contributed by atoms with E-state index in [1.54, 1.807) is 16.8 Å². The van der Waals surface area contributed by atoms with E-state index in [0.717, 1.165) is 0 Å². The lowest BCUT2D eigenvalue weighted by molar-refractivity contribution is -0.130. The Morgan fingerprint density at radius 2 is 1.86 bits per heavy atom. The fourth-order valence-electron chi connectivity index (χ4n) is 2.15. The first-order chi connectivity index (χ1) is 10.5. The summed E-state index contributed by atoms with van der Waals surface area (Å²) < 4.78 is 12.8. The second-order valence-corrected chi connectivity index (χ2v) is 5.14. The SMILES string of the molecule is CN1CCN(C(=O)CNC(=O)c2ccc(F)cc2)CCC1=O. The first kappa shape index (κ1) is 15.9. The van der Waals surface area contributed by atoms with Crippen molar-refractivity contribution in [2.45, 2.75) is 6.42 Å². The zero-order valence-electron chi connectivity index (χ0n) is 12.3. The van der Waals surface area contributed by atoms with E-state index in [0.29, 0.717) is 25.2 Å². The van der Waals surface area contributed by atoms with E-state index in [-0.39, 0.29) is 24.8 Å². The van der Waals surface area contributed by atoms with Crippen LogP contribution >= 0.6 is 0 Å². The van der Waals surface area contributed by atoms with E-state index in [1.807, 2.05) is 0 Å². The largest absolute Gasteiger partial charge is 0.344 e. The van der Waals surface area contributed by atoms with Crippen LogP contribution in [0.1, 0.15) is 16.8 Å². The summed E-state index contributed by atoms with van der Waals surface area (Å²) in [6.07, 6.45) is 0.286. The van der Waals surface area contributed by atoms with Crippen LogP contribution in [0.25, 0.3) is 0 Å². The minimum absolute atomic E-state index is 0.00523. The fraction of sp³-hybridized carbons (Fsp3) is 0.400. The van der Waals surface area contributed by atoms with Crippen LogP contribution in [-0.2, 0) is 9.59 Å². The topological polar surface area (TPSA) is 69.7 Å². The van der Waals surface area contributed by atoms with Crippen LogP contribution < -0.4 is 5.32 Å². The van der Waals surface area contributed by atoms with Crippen molar-refractivity contribution >= 4 is 17.7 Å². The molecule has 1 aliphatic rings. The number of amides is 3. The van der Waals surface area contributed by atoms with Gasteiger partial charge < -0.3 is 15.1 Å². The summed E-state index contributed by atoms with van der Waals surface area (Å²) in [6.45, 7) is 1.15. The molecule has 22 heavy (non-hydrogen) atoms. The smallest absolute Gasteiger partial charge is 0.251 e. The van der Waals surface area contributed by atoms with Gasteiger partial charge in [-0.1, -0.05) is 0 Å². The molecule has 118 valence electrons. The third kappa shape index (κ3) is 4.03. The van der Waals surface area contributed by atoms with Crippen molar-refractivity contribution in [3.8, 4) is 0 Å². The minimum atomic E-state index is -0.434. The third-order valence-electron chi connectivity index (χ3n) is 3.59. The first-order valence-electron chi connectivity index (χ1n) is 7.03. The molecule has 1 aromatic rings. The maximum Gasteiger partial charge on any atom is 0.251 e. The van der Waals surface area contributed by atoms with Crippen molar-refractivity contribution in [2.24, 2.45) is 0 Å². The number of hydrogen-bond acceptors (Lipinski definition) is 3. The molecular weight excluding hydrogens is 289 g/mol. The number of likely N-dealkylation sites (N-methyl/N-ethyl adjacent to an activating group) is 1. The average molecular weight is 307 g/mol. The first-order valence-corrected chi connectivity index (χ1v) is 7.03. The molecule has 1 aliphatic heterocycles. The summed E-state index contributed by atoms with van der Waals surface area (Å²) in [5, 5.41) is 2.51. The van der Waals surface area contributed by atoms with E-state index in [2.05, 4.69) is 5.32 Å². The van der Waals surface area contributed by atoms with Gasteiger partial charge in [-0.3, -0.25) is 14.4 Å². The average Bonchev–Trinajstić information content (AvgIpc) is 2.68. The highest BCUT2D eigenvalue weighted by molar-refractivity contribution is 5.96. The molecule has 7 heteroatoms. The number of carbonyl (C=O) groups is 3. The molecule has 0 saturated carbocycles. The number of nitrogens with zero attached hydrogens (tertiary/aromatic N) is 2. The second kappa shape index (κ2) is 7.02. The van der Waals surface area contributed by atoms with Crippen LogP contribution in [0.5, 0.6) is 0 Å². The van der Waals surface area contributed by atoms with Crippen molar-refractivity contribution in [1.29, 1.82) is 0 Å². The molecule has 1 heterocycles. The molecule has 0 unspecified atom stereocenters. The summed E-state index contributed by atoms with van der Waals surface area (Å²) >= 11 is 0. The van der Waals surface area contributed by atoms with Gasteiger partial charge in [-0.05, 0) is 24.3 Å². The second-order valence-electron chi connectivity index (χ2n) is 5.14. The maximum absolute atomic E-state index is 12.8. The van der Waals surface area contributed by atoms with Crippen molar-refractivity contribution in [1.82, 2.24) is 15.1 Å². The quantitative estimate of drug-likeness (QED) is 0.870. The van der Waals surface area contributed by atoms with Gasteiger partial charge in [0.1, 0.15) is 5.82 Å². The van der Waals surface area contributed by atoms with Crippen LogP contribution in [-0.4, -0.2) is 60.7 Å². The van der Waals surface area contributed by atoms with E-state index in [9.17, 15) is 18.8 Å². The fourth-order valence-corrected chi connectivity index (χ4v) is 2.15. The maximum atomic E-state index is 12.8. The summed E-state index contributed by atoms with van der Waals surface area (Å²) in [5.41, 5.74) is 0.292. The van der Waals surface area contributed by atoms with E-state index in [4.69, 9.17) is 0 Å². The molecule has 0 atom stereocenters. The highest BCUT2D eigenvalue weighted by Crippen LogP contribution is 2.04. The van der Waals surface area contributed by atoms with E-state index >= 15 is 0 Å². The summed E-state index contributed by atoms with van der Waals surface area (Å²) in [7, 11) is 1.70. The van der Waals surface area contributed by atoms with Gasteiger partial charge in [0.05, 0.1) is 6.54 Å². The molecule has 3 amide bonds. The molecular formula is C15H18FN3O3. The zero-order chi connectivity index (χ0) is 16.1. The Hall–Kier alpha value is -2.44. The Morgan fingerprint density at radius 3 is 2.55 bits per heavy atom. The Labute approximate surface area is 127 Å². The predicted molar refractivity (Wildman–Crippen MR) is 77.6 cm³/mol. The molecule has 6 nitrogen and oxygen atoms in total. The minimum Gasteiger partial charge on any atom is -0.344 e. The summed E-state index contributed by atoms with van der Waals surface area (Å²) in [4.78, 5) is 38.6. The molecule has 1 aromatic carbocycles. The van der Waals surface area contributed by atoms with E-state index < -0.39 is 11.7 Å². The lowest BCUT2D eigenvalue weighted by atomic mass is 10.2. The lowest BCUT2D eigenvalue weighted by Gasteiger charge is -2.20. The molecule has 1 N–H and O–H groups in total. The van der Waals surface area contributed by atoms with Crippen molar-refractivity contribution in [3.63, 3.8) is 0 Å². The number of hydrogen-bond donors (Lipinski definition) is 1. The zero-order valence-corrected chi connectivity index (χ0v) is 12.3. The third-order valence-corrected chi connectivity index (χ3v) is 3.59. The van der Waals surface area contributed by atoms with Crippen LogP contribution in [0.4, 0.5) is 4.39 Å². The number of nitrogens with one attached hydrogen (secondary N) is 1. The van der Waals surface area contributed by atoms with Crippen molar-refractivity contribution in [3.05, 3.63) is 35.6 Å². The molecule has 1 fully saturated rings. The van der Waals surface area contributed by atoms with Crippen LogP contribution in [0.15, 0.2) is 24.3 Å². The molecule has 0 bridgehead atoms. The normalized spacial score (nSPS) is 15.5. The number of carbonyl (C=O) groups excluding carboxylic acids is 3. The molecule has 2 rings (SSSR count). The van der Waals surface area contributed by atoms with Gasteiger partial charge in [0, 0.05) is 38.7 Å². The predicted octanol–water partition coefficient (Wildman–Crippen LogP) is 0.246. The van der Waals surface area contributed by atoms with Gasteiger partial charge >= 0.3 is 0 Å². The number of halogens is 1. The summed E-state index contributed by atoms with van der Waals surface area (Å²) in [5.74, 6) is -1.09. The molecule has 0 radical (unpaired) electrons. The standard InChI is InChI=1S/C15H18FN3O3/c1-18-8-9-19(7-6-13(18)20)14(21)10-17-15(22)11-2-4-12(16)5-3-11/h2-5H,6-10H2,1H3,(H,17,22). The summed E-state index contributed by atoms with van der Waals surface area (Å²) in [6, 6.07) is 5.09. The Bertz CT molecular complexity index is 574. The lowest BCUT2D eigenvalue weighted by Crippen LogP contribution is -2.41. The van der Waals surface area contributed by atoms with Crippen molar-refractivity contribution < 1.29 is 18.8 Å². The van der Waals surface area contributed by atoms with Gasteiger partial charge in [-0.2, -0.15) is 0 Å². The van der Waals surface area contributed by atoms with Crippen LogP contribution in [0, 0.1) is 5.82 Å². The van der Waals surface area contributed by atoms with Gasteiger partial charge in [0.15, 0.2) is 0 Å². The number of rotatable bonds is 3. The van der Waals surface area contributed by atoms with Gasteiger partial charge in [-0.25, -0.2) is 4.39 Å². The Balaban J connectivity index is 1.85. The Morgan fingerprint density at radius 1 is 1.18 bits per heavy atom. The molecule has 0 spiro atoms. The number of benzene rings is 1. The Kier molecular flexibility index (Phi) is 5.08. The monoisotopic (exact) mass is 307 g/mol. The molecule has 0 aliphatic carbocycles. The molecule has 1 saturated heterocycles. The van der Waals surface area contributed by atoms with Gasteiger partial charge in [0.25, 0.3) is 5.91 Å². The molecule has 0 aromatic heterocycles. The van der Waals surface area contributed by atoms with Crippen LogP contribution in [0.2, 0.25) is 0 Å². The highest BCUT2D eigenvalue weighted by atomic mass is 19.1. The highest BCUT2D eigenvalue weighted by Gasteiger charge is 2.21. The van der Waals surface area contributed by atoms with Crippen LogP contribution in [0.3, 0.4) is 0 Å². The van der Waals surface area contributed by atoms with Gasteiger partial charge in [-0.15, -0.1) is 0 Å². The van der Waals surface area contributed by atoms with E-state index in [1.165, 1.54) is 24.3 Å². The van der Waals surface area contributed by atoms with Gasteiger partial charge in [0.2, 0.25) is 11.8 Å². The van der Waals surface area contributed by atoms with Crippen molar-refractivity contribution in [2.75, 3.05) is 33.2 Å².